The maximum absolute atomic E-state index is 12.4. The molecule has 0 spiro atoms. The van der Waals surface area contributed by atoms with Crippen LogP contribution in [-0.4, -0.2) is 5.78 Å². The molecule has 0 bridgehead atoms. The average Bonchev–Trinajstić information content (AvgIpc) is 2.38. The van der Waals surface area contributed by atoms with E-state index < -0.39 is 0 Å². The summed E-state index contributed by atoms with van der Waals surface area (Å²) in [7, 11) is 0. The van der Waals surface area contributed by atoms with Crippen molar-refractivity contribution >= 4 is 5.78 Å². The fourth-order valence-electron chi connectivity index (χ4n) is 3.46. The topological polar surface area (TPSA) is 17.1 Å². The lowest BCUT2D eigenvalue weighted by molar-refractivity contribution is -0.128. The minimum absolute atomic E-state index is 0.0489. The van der Waals surface area contributed by atoms with Gasteiger partial charge in [0.1, 0.15) is 5.78 Å². The van der Waals surface area contributed by atoms with Crippen molar-refractivity contribution in [3.05, 3.63) is 35.4 Å². The fraction of sp³-hybridized carbons (Fsp3) is 0.632. The summed E-state index contributed by atoms with van der Waals surface area (Å²) in [6.45, 7) is 11.1. The van der Waals surface area contributed by atoms with Crippen molar-refractivity contribution in [1.82, 2.24) is 0 Å². The number of hydrogen-bond acceptors (Lipinski definition) is 1. The minimum Gasteiger partial charge on any atom is -0.299 e. The molecule has 1 aromatic rings. The average molecular weight is 272 g/mol. The Kier molecular flexibility index (Phi) is 4.36. The van der Waals surface area contributed by atoms with Gasteiger partial charge in [-0.3, -0.25) is 4.79 Å². The monoisotopic (exact) mass is 272 g/mol. The molecule has 1 heteroatoms. The Balaban J connectivity index is 2.23. The van der Waals surface area contributed by atoms with E-state index in [1.54, 1.807) is 0 Å². The van der Waals surface area contributed by atoms with E-state index in [1.807, 2.05) is 0 Å². The first kappa shape index (κ1) is 15.3. The van der Waals surface area contributed by atoms with E-state index in [9.17, 15) is 4.79 Å². The minimum atomic E-state index is -0.0489. The molecule has 1 aliphatic carbocycles. The van der Waals surface area contributed by atoms with Gasteiger partial charge in [-0.1, -0.05) is 58.9 Å². The van der Waals surface area contributed by atoms with Crippen molar-refractivity contribution in [2.24, 2.45) is 11.8 Å². The van der Waals surface area contributed by atoms with Gasteiger partial charge in [0.05, 0.1) is 0 Å². The molecule has 0 aromatic heterocycles. The molecule has 1 aromatic carbocycles. The molecule has 110 valence electrons. The van der Waals surface area contributed by atoms with E-state index in [0.717, 1.165) is 12.8 Å². The SMILES string of the molecule is CC1CCC(C(C)(C)c2ccc(C(C)C)cc2)C(=O)C1. The second-order valence-electron chi connectivity index (χ2n) is 7.40. The quantitative estimate of drug-likeness (QED) is 0.748. The summed E-state index contributed by atoms with van der Waals surface area (Å²) in [4.78, 5) is 12.4. The molecule has 20 heavy (non-hydrogen) atoms. The lowest BCUT2D eigenvalue weighted by Gasteiger charge is -2.38. The van der Waals surface area contributed by atoms with Crippen LogP contribution in [0.1, 0.15) is 70.9 Å². The molecular weight excluding hydrogens is 244 g/mol. The predicted octanol–water partition coefficient (Wildman–Crippen LogP) is 5.09. The van der Waals surface area contributed by atoms with E-state index in [1.165, 1.54) is 17.5 Å². The Labute approximate surface area is 123 Å². The number of rotatable bonds is 3. The van der Waals surface area contributed by atoms with Crippen LogP contribution >= 0.6 is 0 Å². The summed E-state index contributed by atoms with van der Waals surface area (Å²) in [5, 5.41) is 0. The van der Waals surface area contributed by atoms with Crippen LogP contribution in [0.3, 0.4) is 0 Å². The van der Waals surface area contributed by atoms with Gasteiger partial charge in [-0.2, -0.15) is 0 Å². The molecule has 0 saturated heterocycles. The predicted molar refractivity (Wildman–Crippen MR) is 85.1 cm³/mol. The zero-order valence-corrected chi connectivity index (χ0v) is 13.6. The third-order valence-corrected chi connectivity index (χ3v) is 5.08. The Morgan fingerprint density at radius 2 is 1.70 bits per heavy atom. The summed E-state index contributed by atoms with van der Waals surface area (Å²) in [5.41, 5.74) is 2.62. The molecule has 2 unspecified atom stereocenters. The van der Waals surface area contributed by atoms with Crippen LogP contribution in [0.15, 0.2) is 24.3 Å². The molecule has 0 amide bonds. The van der Waals surface area contributed by atoms with Crippen molar-refractivity contribution in [2.45, 2.75) is 65.2 Å². The number of carbonyl (C=O) groups is 1. The van der Waals surface area contributed by atoms with Gasteiger partial charge in [0.25, 0.3) is 0 Å². The van der Waals surface area contributed by atoms with Crippen LogP contribution in [0.25, 0.3) is 0 Å². The smallest absolute Gasteiger partial charge is 0.137 e. The van der Waals surface area contributed by atoms with E-state index >= 15 is 0 Å². The molecule has 0 N–H and O–H groups in total. The molecule has 0 radical (unpaired) electrons. The van der Waals surface area contributed by atoms with E-state index in [-0.39, 0.29) is 11.3 Å². The third kappa shape index (κ3) is 2.97. The zero-order chi connectivity index (χ0) is 14.9. The highest BCUT2D eigenvalue weighted by atomic mass is 16.1. The third-order valence-electron chi connectivity index (χ3n) is 5.08. The summed E-state index contributed by atoms with van der Waals surface area (Å²) >= 11 is 0. The first-order valence-corrected chi connectivity index (χ1v) is 7.95. The van der Waals surface area contributed by atoms with E-state index in [0.29, 0.717) is 17.6 Å². The van der Waals surface area contributed by atoms with Crippen molar-refractivity contribution in [1.29, 1.82) is 0 Å². The lowest BCUT2D eigenvalue weighted by atomic mass is 9.65. The summed E-state index contributed by atoms with van der Waals surface area (Å²) in [5.74, 6) is 1.77. The molecule has 1 saturated carbocycles. The summed E-state index contributed by atoms with van der Waals surface area (Å²) in [6, 6.07) is 8.89. The molecule has 2 rings (SSSR count). The first-order valence-electron chi connectivity index (χ1n) is 7.95. The van der Waals surface area contributed by atoms with Gasteiger partial charge >= 0.3 is 0 Å². The molecular formula is C19H28O. The van der Waals surface area contributed by atoms with Gasteiger partial charge in [-0.25, -0.2) is 0 Å². The Hall–Kier alpha value is -1.11. The number of carbonyl (C=O) groups excluding carboxylic acids is 1. The van der Waals surface area contributed by atoms with E-state index in [2.05, 4.69) is 58.9 Å². The van der Waals surface area contributed by atoms with Gasteiger partial charge in [0.2, 0.25) is 0 Å². The molecule has 0 heterocycles. The largest absolute Gasteiger partial charge is 0.299 e. The Morgan fingerprint density at radius 1 is 1.10 bits per heavy atom. The highest BCUT2D eigenvalue weighted by molar-refractivity contribution is 5.83. The number of Topliss-reactive ketones (excluding diaryl/α,β-unsaturated/α-hetero) is 1. The molecule has 0 aliphatic heterocycles. The van der Waals surface area contributed by atoms with Gasteiger partial charge in [-0.05, 0) is 41.2 Å². The van der Waals surface area contributed by atoms with Crippen LogP contribution < -0.4 is 0 Å². The van der Waals surface area contributed by atoms with Gasteiger partial charge in [0, 0.05) is 12.3 Å². The maximum atomic E-state index is 12.4. The van der Waals surface area contributed by atoms with Crippen LogP contribution in [0, 0.1) is 11.8 Å². The number of hydrogen-bond donors (Lipinski definition) is 0. The Bertz CT molecular complexity index is 467. The maximum Gasteiger partial charge on any atom is 0.137 e. The fourth-order valence-corrected chi connectivity index (χ4v) is 3.46. The van der Waals surface area contributed by atoms with Gasteiger partial charge in [-0.15, -0.1) is 0 Å². The van der Waals surface area contributed by atoms with Crippen LogP contribution in [0.4, 0.5) is 0 Å². The molecule has 1 aliphatic rings. The summed E-state index contributed by atoms with van der Waals surface area (Å²) < 4.78 is 0. The Morgan fingerprint density at radius 3 is 2.20 bits per heavy atom. The van der Waals surface area contributed by atoms with E-state index in [4.69, 9.17) is 0 Å². The zero-order valence-electron chi connectivity index (χ0n) is 13.6. The second-order valence-corrected chi connectivity index (χ2v) is 7.40. The number of benzene rings is 1. The molecule has 1 fully saturated rings. The van der Waals surface area contributed by atoms with Crippen molar-refractivity contribution < 1.29 is 4.79 Å². The van der Waals surface area contributed by atoms with Gasteiger partial charge in [0.15, 0.2) is 0 Å². The van der Waals surface area contributed by atoms with Crippen molar-refractivity contribution in [2.75, 3.05) is 0 Å². The highest BCUT2D eigenvalue weighted by Crippen LogP contribution is 2.40. The first-order chi connectivity index (χ1) is 9.32. The van der Waals surface area contributed by atoms with Crippen LogP contribution in [-0.2, 0) is 10.2 Å². The normalized spacial score (nSPS) is 24.2. The second kappa shape index (κ2) is 5.71. The van der Waals surface area contributed by atoms with Gasteiger partial charge < -0.3 is 0 Å². The highest BCUT2D eigenvalue weighted by Gasteiger charge is 2.38. The standard InChI is InChI=1S/C19H28O/c1-13(2)15-7-9-16(10-8-15)19(4,5)17-11-6-14(3)12-18(17)20/h7-10,13-14,17H,6,11-12H2,1-5H3. The molecule has 1 nitrogen and oxygen atoms in total. The van der Waals surface area contributed by atoms with Crippen molar-refractivity contribution in [3.8, 4) is 0 Å². The van der Waals surface area contributed by atoms with Crippen LogP contribution in [0.2, 0.25) is 0 Å². The number of ketones is 1. The lowest BCUT2D eigenvalue weighted by Crippen LogP contribution is -2.38. The van der Waals surface area contributed by atoms with Crippen LogP contribution in [0.5, 0.6) is 0 Å². The molecule has 2 atom stereocenters. The summed E-state index contributed by atoms with van der Waals surface area (Å²) in [6.07, 6.45) is 2.99. The van der Waals surface area contributed by atoms with Crippen molar-refractivity contribution in [3.63, 3.8) is 0 Å².